The fourth-order valence-electron chi connectivity index (χ4n) is 3.34. The SMILES string of the molecule is C=CCn1c(SCC(=O)Nc2ccc(CC)cc2)nnc1C1CCCC1. The van der Waals surface area contributed by atoms with Crippen LogP contribution in [0.4, 0.5) is 5.69 Å². The van der Waals surface area contributed by atoms with Gasteiger partial charge in [0, 0.05) is 18.2 Å². The van der Waals surface area contributed by atoms with Gasteiger partial charge in [0.1, 0.15) is 5.82 Å². The van der Waals surface area contributed by atoms with Crippen molar-refractivity contribution in [2.45, 2.75) is 56.6 Å². The van der Waals surface area contributed by atoms with Crippen LogP contribution >= 0.6 is 11.8 Å². The fraction of sp³-hybridized carbons (Fsp3) is 0.450. The van der Waals surface area contributed by atoms with Crippen molar-refractivity contribution >= 4 is 23.4 Å². The number of hydrogen-bond donors (Lipinski definition) is 1. The molecular formula is C20H26N4OS. The first-order valence-electron chi connectivity index (χ1n) is 9.26. The number of nitrogens with one attached hydrogen (secondary N) is 1. The molecule has 1 aliphatic carbocycles. The lowest BCUT2D eigenvalue weighted by atomic mass is 10.1. The summed E-state index contributed by atoms with van der Waals surface area (Å²) in [7, 11) is 0. The second-order valence-electron chi connectivity index (χ2n) is 6.61. The number of thioether (sulfide) groups is 1. The van der Waals surface area contributed by atoms with Crippen molar-refractivity contribution < 1.29 is 4.79 Å². The van der Waals surface area contributed by atoms with Crippen LogP contribution in [0.1, 0.15) is 49.9 Å². The quantitative estimate of drug-likeness (QED) is 0.552. The third kappa shape index (κ3) is 4.55. The number of nitrogens with zero attached hydrogens (tertiary/aromatic N) is 3. The second kappa shape index (κ2) is 9.03. The van der Waals surface area contributed by atoms with Crippen LogP contribution in [0, 0.1) is 0 Å². The summed E-state index contributed by atoms with van der Waals surface area (Å²) in [4.78, 5) is 12.3. The Kier molecular flexibility index (Phi) is 6.50. The smallest absolute Gasteiger partial charge is 0.234 e. The topological polar surface area (TPSA) is 59.8 Å². The number of benzene rings is 1. The zero-order chi connectivity index (χ0) is 18.4. The molecule has 0 unspecified atom stereocenters. The third-order valence-corrected chi connectivity index (χ3v) is 5.72. The van der Waals surface area contributed by atoms with Crippen molar-refractivity contribution in [2.24, 2.45) is 0 Å². The van der Waals surface area contributed by atoms with Crippen LogP contribution in [0.15, 0.2) is 42.1 Å². The van der Waals surface area contributed by atoms with E-state index < -0.39 is 0 Å². The molecule has 2 aromatic rings. The number of anilines is 1. The molecule has 1 N–H and O–H groups in total. The molecule has 1 fully saturated rings. The van der Waals surface area contributed by atoms with E-state index in [1.54, 1.807) is 0 Å². The highest BCUT2D eigenvalue weighted by Gasteiger charge is 2.24. The van der Waals surface area contributed by atoms with Crippen molar-refractivity contribution in [3.05, 3.63) is 48.3 Å². The largest absolute Gasteiger partial charge is 0.325 e. The van der Waals surface area contributed by atoms with Crippen LogP contribution in [0.5, 0.6) is 0 Å². The fourth-order valence-corrected chi connectivity index (χ4v) is 4.10. The molecule has 1 heterocycles. The van der Waals surface area contributed by atoms with Gasteiger partial charge in [-0.2, -0.15) is 0 Å². The van der Waals surface area contributed by atoms with Crippen molar-refractivity contribution in [3.63, 3.8) is 0 Å². The Morgan fingerprint density at radius 1 is 1.31 bits per heavy atom. The lowest BCUT2D eigenvalue weighted by Crippen LogP contribution is -2.15. The van der Waals surface area contributed by atoms with Crippen LogP contribution in [-0.4, -0.2) is 26.4 Å². The second-order valence-corrected chi connectivity index (χ2v) is 7.55. The van der Waals surface area contributed by atoms with E-state index in [1.807, 2.05) is 30.3 Å². The molecule has 6 heteroatoms. The monoisotopic (exact) mass is 370 g/mol. The molecule has 1 aromatic carbocycles. The number of aryl methyl sites for hydroxylation is 1. The molecule has 0 atom stereocenters. The highest BCUT2D eigenvalue weighted by molar-refractivity contribution is 7.99. The standard InChI is InChI=1S/C20H26N4OS/c1-3-13-24-19(16-7-5-6-8-16)22-23-20(24)26-14-18(25)21-17-11-9-15(4-2)10-12-17/h3,9-12,16H,1,4-8,13-14H2,2H3,(H,21,25). The molecule has 1 saturated carbocycles. The summed E-state index contributed by atoms with van der Waals surface area (Å²) in [6, 6.07) is 7.97. The Hall–Kier alpha value is -2.08. The number of carbonyl (C=O) groups excluding carboxylic acids is 1. The van der Waals surface area contributed by atoms with E-state index in [0.29, 0.717) is 18.2 Å². The van der Waals surface area contributed by atoms with Crippen LogP contribution in [0.25, 0.3) is 0 Å². The van der Waals surface area contributed by atoms with Crippen LogP contribution in [0.3, 0.4) is 0 Å². The van der Waals surface area contributed by atoms with Gasteiger partial charge in [0.15, 0.2) is 5.16 Å². The summed E-state index contributed by atoms with van der Waals surface area (Å²) in [6.45, 7) is 6.64. The maximum atomic E-state index is 12.3. The number of carbonyl (C=O) groups is 1. The number of allylic oxidation sites excluding steroid dienone is 1. The average Bonchev–Trinajstić information content (AvgIpc) is 3.31. The summed E-state index contributed by atoms with van der Waals surface area (Å²) >= 11 is 1.43. The highest BCUT2D eigenvalue weighted by atomic mass is 32.2. The summed E-state index contributed by atoms with van der Waals surface area (Å²) in [5.74, 6) is 1.81. The molecule has 1 aliphatic rings. The number of aromatic nitrogens is 3. The molecule has 0 radical (unpaired) electrons. The minimum Gasteiger partial charge on any atom is -0.325 e. The Labute approximate surface area is 159 Å². The molecule has 5 nitrogen and oxygen atoms in total. The molecule has 3 rings (SSSR count). The van der Waals surface area contributed by atoms with E-state index in [-0.39, 0.29) is 5.91 Å². The van der Waals surface area contributed by atoms with Gasteiger partial charge >= 0.3 is 0 Å². The third-order valence-electron chi connectivity index (χ3n) is 4.76. The van der Waals surface area contributed by atoms with Gasteiger partial charge in [-0.15, -0.1) is 16.8 Å². The van der Waals surface area contributed by atoms with Crippen LogP contribution in [-0.2, 0) is 17.8 Å². The lowest BCUT2D eigenvalue weighted by molar-refractivity contribution is -0.113. The molecular weight excluding hydrogens is 344 g/mol. The number of rotatable bonds is 8. The molecule has 0 spiro atoms. The summed E-state index contributed by atoms with van der Waals surface area (Å²) in [5.41, 5.74) is 2.08. The van der Waals surface area contributed by atoms with Crippen molar-refractivity contribution in [1.29, 1.82) is 0 Å². The van der Waals surface area contributed by atoms with E-state index >= 15 is 0 Å². The minimum absolute atomic E-state index is 0.0326. The average molecular weight is 371 g/mol. The predicted molar refractivity (Wildman–Crippen MR) is 107 cm³/mol. The summed E-state index contributed by atoms with van der Waals surface area (Å²) in [6.07, 6.45) is 7.72. The molecule has 0 saturated heterocycles. The van der Waals surface area contributed by atoms with Gasteiger partial charge in [-0.3, -0.25) is 4.79 Å². The van der Waals surface area contributed by atoms with Gasteiger partial charge in [-0.05, 0) is 37.0 Å². The predicted octanol–water partition coefficient (Wildman–Crippen LogP) is 4.41. The van der Waals surface area contributed by atoms with E-state index in [1.165, 1.54) is 43.0 Å². The van der Waals surface area contributed by atoms with Gasteiger partial charge in [-0.1, -0.05) is 49.7 Å². The molecule has 0 aliphatic heterocycles. The summed E-state index contributed by atoms with van der Waals surface area (Å²) < 4.78 is 2.11. The molecule has 138 valence electrons. The zero-order valence-electron chi connectivity index (χ0n) is 15.3. The lowest BCUT2D eigenvalue weighted by Gasteiger charge is -2.12. The molecule has 1 amide bonds. The van der Waals surface area contributed by atoms with E-state index in [2.05, 4.69) is 33.6 Å². The van der Waals surface area contributed by atoms with Gasteiger partial charge in [0.05, 0.1) is 5.75 Å². The molecule has 26 heavy (non-hydrogen) atoms. The van der Waals surface area contributed by atoms with Crippen LogP contribution < -0.4 is 5.32 Å². The minimum atomic E-state index is -0.0326. The van der Waals surface area contributed by atoms with Crippen molar-refractivity contribution in [1.82, 2.24) is 14.8 Å². The van der Waals surface area contributed by atoms with E-state index in [4.69, 9.17) is 0 Å². The van der Waals surface area contributed by atoms with Gasteiger partial charge in [-0.25, -0.2) is 0 Å². The van der Waals surface area contributed by atoms with Gasteiger partial charge in [0.25, 0.3) is 0 Å². The Morgan fingerprint density at radius 2 is 2.04 bits per heavy atom. The summed E-state index contributed by atoms with van der Waals surface area (Å²) in [5, 5.41) is 12.5. The normalized spacial score (nSPS) is 14.5. The first-order valence-corrected chi connectivity index (χ1v) is 10.3. The van der Waals surface area contributed by atoms with Gasteiger partial charge in [0.2, 0.25) is 5.91 Å². The van der Waals surface area contributed by atoms with E-state index in [9.17, 15) is 4.79 Å². The Morgan fingerprint density at radius 3 is 2.69 bits per heavy atom. The number of hydrogen-bond acceptors (Lipinski definition) is 4. The van der Waals surface area contributed by atoms with Crippen molar-refractivity contribution in [3.8, 4) is 0 Å². The highest BCUT2D eigenvalue weighted by Crippen LogP contribution is 2.34. The van der Waals surface area contributed by atoms with E-state index in [0.717, 1.165) is 23.1 Å². The Balaban J connectivity index is 1.61. The maximum Gasteiger partial charge on any atom is 0.234 e. The number of amides is 1. The van der Waals surface area contributed by atoms with Gasteiger partial charge < -0.3 is 9.88 Å². The maximum absolute atomic E-state index is 12.3. The Bertz CT molecular complexity index is 748. The van der Waals surface area contributed by atoms with Crippen LogP contribution in [0.2, 0.25) is 0 Å². The first kappa shape index (κ1) is 18.7. The molecule has 0 bridgehead atoms. The molecule has 1 aromatic heterocycles. The zero-order valence-corrected chi connectivity index (χ0v) is 16.1. The first-order chi connectivity index (χ1) is 12.7. The van der Waals surface area contributed by atoms with Crippen molar-refractivity contribution in [2.75, 3.05) is 11.1 Å².